The zero-order valence-electron chi connectivity index (χ0n) is 16.0. The molecular formula is C23H15ClN2O5. The number of esters is 1. The lowest BCUT2D eigenvalue weighted by Crippen LogP contribution is -2.06. The summed E-state index contributed by atoms with van der Waals surface area (Å²) in [6.07, 6.45) is 1.56. The van der Waals surface area contributed by atoms with Crippen LogP contribution in [0, 0.1) is 10.1 Å². The molecule has 3 aromatic rings. The van der Waals surface area contributed by atoms with E-state index in [0.29, 0.717) is 17.9 Å². The van der Waals surface area contributed by atoms with Crippen LogP contribution in [0.15, 0.2) is 83.5 Å². The Hall–Kier alpha value is -3.97. The Morgan fingerprint density at radius 3 is 2.58 bits per heavy atom. The number of hydrogen-bond acceptors (Lipinski definition) is 6. The number of para-hydroxylation sites is 1. The molecule has 8 heteroatoms. The molecule has 0 unspecified atom stereocenters. The van der Waals surface area contributed by atoms with E-state index in [4.69, 9.17) is 21.1 Å². The molecule has 0 spiro atoms. The molecule has 0 atom stereocenters. The van der Waals surface area contributed by atoms with Gasteiger partial charge in [-0.05, 0) is 29.8 Å². The van der Waals surface area contributed by atoms with Gasteiger partial charge in [-0.2, -0.15) is 0 Å². The van der Waals surface area contributed by atoms with Crippen LogP contribution in [-0.2, 0) is 16.1 Å². The van der Waals surface area contributed by atoms with Crippen LogP contribution >= 0.6 is 11.6 Å². The molecule has 1 heterocycles. The van der Waals surface area contributed by atoms with Crippen molar-refractivity contribution in [3.63, 3.8) is 0 Å². The Kier molecular flexibility index (Phi) is 5.77. The average molecular weight is 435 g/mol. The molecular weight excluding hydrogens is 420 g/mol. The maximum absolute atomic E-state index is 12.3. The number of cyclic esters (lactones) is 1. The fourth-order valence-electron chi connectivity index (χ4n) is 2.93. The van der Waals surface area contributed by atoms with E-state index in [1.54, 1.807) is 18.2 Å². The van der Waals surface area contributed by atoms with E-state index in [2.05, 4.69) is 4.99 Å². The molecule has 0 fully saturated rings. The summed E-state index contributed by atoms with van der Waals surface area (Å²) in [6.45, 7) is 0.369. The lowest BCUT2D eigenvalue weighted by molar-refractivity contribution is -0.384. The van der Waals surface area contributed by atoms with Crippen LogP contribution < -0.4 is 4.74 Å². The van der Waals surface area contributed by atoms with E-state index in [0.717, 1.165) is 5.56 Å². The number of rotatable bonds is 6. The Balaban J connectivity index is 1.61. The molecule has 0 amide bonds. The Morgan fingerprint density at radius 2 is 1.81 bits per heavy atom. The van der Waals surface area contributed by atoms with Crippen molar-refractivity contribution in [1.29, 1.82) is 0 Å². The normalized spacial score (nSPS) is 14.3. The minimum Gasteiger partial charge on any atom is -0.488 e. The highest BCUT2D eigenvalue weighted by Gasteiger charge is 2.26. The van der Waals surface area contributed by atoms with Crippen molar-refractivity contribution in [2.45, 2.75) is 6.61 Å². The third kappa shape index (κ3) is 4.62. The Morgan fingerprint density at radius 1 is 1.06 bits per heavy atom. The monoisotopic (exact) mass is 434 g/mol. The van der Waals surface area contributed by atoms with Gasteiger partial charge in [0, 0.05) is 17.2 Å². The van der Waals surface area contributed by atoms with Crippen molar-refractivity contribution in [3.8, 4) is 5.75 Å². The van der Waals surface area contributed by atoms with E-state index in [1.165, 1.54) is 18.2 Å². The van der Waals surface area contributed by atoms with Gasteiger partial charge in [0.2, 0.25) is 5.90 Å². The van der Waals surface area contributed by atoms with Crippen molar-refractivity contribution in [1.82, 2.24) is 0 Å². The Bertz CT molecular complexity index is 1220. The summed E-state index contributed by atoms with van der Waals surface area (Å²) in [7, 11) is 0. The third-order valence-corrected chi connectivity index (χ3v) is 4.78. The van der Waals surface area contributed by atoms with Crippen LogP contribution in [0.1, 0.15) is 16.7 Å². The summed E-state index contributed by atoms with van der Waals surface area (Å²) in [4.78, 5) is 27.0. The molecule has 1 aliphatic rings. The maximum Gasteiger partial charge on any atom is 0.363 e. The molecule has 1 aliphatic heterocycles. The minimum atomic E-state index is -0.662. The maximum atomic E-state index is 12.3. The summed E-state index contributed by atoms with van der Waals surface area (Å²) < 4.78 is 11.1. The molecule has 0 saturated carbocycles. The van der Waals surface area contributed by atoms with Gasteiger partial charge in [0.25, 0.3) is 5.69 Å². The van der Waals surface area contributed by atoms with E-state index in [9.17, 15) is 14.9 Å². The average Bonchev–Trinajstić information content (AvgIpc) is 3.14. The summed E-state index contributed by atoms with van der Waals surface area (Å²) in [5, 5.41) is 11.1. The molecule has 7 nitrogen and oxygen atoms in total. The summed E-state index contributed by atoms with van der Waals surface area (Å²) in [5.41, 5.74) is 1.70. The smallest absolute Gasteiger partial charge is 0.363 e. The van der Waals surface area contributed by atoms with Crippen molar-refractivity contribution in [2.75, 3.05) is 0 Å². The van der Waals surface area contributed by atoms with Gasteiger partial charge < -0.3 is 9.47 Å². The summed E-state index contributed by atoms with van der Waals surface area (Å²) >= 11 is 5.84. The first-order chi connectivity index (χ1) is 15.0. The predicted octanol–water partition coefficient (Wildman–Crippen LogP) is 5.17. The first-order valence-electron chi connectivity index (χ1n) is 9.24. The second-order valence-electron chi connectivity index (χ2n) is 6.57. The molecule has 0 bridgehead atoms. The summed E-state index contributed by atoms with van der Waals surface area (Å²) in [5.74, 6) is -0.110. The molecule has 4 rings (SSSR count). The van der Waals surface area contributed by atoms with Gasteiger partial charge in [-0.3, -0.25) is 10.1 Å². The molecule has 31 heavy (non-hydrogen) atoms. The van der Waals surface area contributed by atoms with Gasteiger partial charge in [0.05, 0.1) is 4.92 Å². The molecule has 0 saturated heterocycles. The standard InChI is InChI=1S/C23H15ClN2O5/c24-18-11-10-17(13-20(18)26(28)29)22-25-19(23(27)31-22)12-16-8-4-5-9-21(16)30-14-15-6-2-1-3-7-15/h1-13H,14H2. The third-order valence-electron chi connectivity index (χ3n) is 4.46. The van der Waals surface area contributed by atoms with E-state index in [1.807, 2.05) is 42.5 Å². The van der Waals surface area contributed by atoms with Crippen LogP contribution in [0.3, 0.4) is 0 Å². The van der Waals surface area contributed by atoms with Crippen LogP contribution in [0.25, 0.3) is 6.08 Å². The number of hydrogen-bond donors (Lipinski definition) is 0. The zero-order valence-corrected chi connectivity index (χ0v) is 16.8. The zero-order chi connectivity index (χ0) is 21.8. The van der Waals surface area contributed by atoms with Gasteiger partial charge in [0.15, 0.2) is 5.70 Å². The second-order valence-corrected chi connectivity index (χ2v) is 6.98. The van der Waals surface area contributed by atoms with Crippen LogP contribution in [0.5, 0.6) is 5.75 Å². The number of nitro benzene ring substituents is 1. The first kappa shape index (κ1) is 20.3. The van der Waals surface area contributed by atoms with E-state index >= 15 is 0 Å². The fourth-order valence-corrected chi connectivity index (χ4v) is 3.12. The SMILES string of the molecule is O=C1OC(c2ccc(Cl)c([N+](=O)[O-])c2)=NC1=Cc1ccccc1OCc1ccccc1. The molecule has 0 aliphatic carbocycles. The molecule has 154 valence electrons. The van der Waals surface area contributed by atoms with E-state index in [-0.39, 0.29) is 27.9 Å². The molecule has 3 aromatic carbocycles. The second kappa shape index (κ2) is 8.81. The number of benzene rings is 3. The number of carbonyl (C=O) groups excluding carboxylic acids is 1. The highest BCUT2D eigenvalue weighted by atomic mass is 35.5. The molecule has 0 aromatic heterocycles. The number of aliphatic imine (C=N–C) groups is 1. The topological polar surface area (TPSA) is 91.0 Å². The van der Waals surface area contributed by atoms with Gasteiger partial charge in [-0.15, -0.1) is 0 Å². The van der Waals surface area contributed by atoms with Gasteiger partial charge in [-0.25, -0.2) is 9.79 Å². The van der Waals surface area contributed by atoms with Crippen LogP contribution in [0.4, 0.5) is 5.69 Å². The quantitative estimate of drug-likeness (QED) is 0.231. The first-order valence-corrected chi connectivity index (χ1v) is 9.62. The van der Waals surface area contributed by atoms with Crippen molar-refractivity contribution in [3.05, 3.63) is 110 Å². The molecule has 0 radical (unpaired) electrons. The largest absolute Gasteiger partial charge is 0.488 e. The molecule has 0 N–H and O–H groups in total. The fraction of sp³-hybridized carbons (Fsp3) is 0.0435. The lowest BCUT2D eigenvalue weighted by Gasteiger charge is -2.09. The highest BCUT2D eigenvalue weighted by molar-refractivity contribution is 6.32. The van der Waals surface area contributed by atoms with Crippen LogP contribution in [-0.4, -0.2) is 16.8 Å². The summed E-state index contributed by atoms with van der Waals surface area (Å²) in [6, 6.07) is 21.0. The number of ether oxygens (including phenoxy) is 2. The van der Waals surface area contributed by atoms with Crippen molar-refractivity contribution < 1.29 is 19.2 Å². The van der Waals surface area contributed by atoms with Crippen molar-refractivity contribution in [2.24, 2.45) is 4.99 Å². The number of carbonyl (C=O) groups is 1. The lowest BCUT2D eigenvalue weighted by atomic mass is 10.1. The predicted molar refractivity (Wildman–Crippen MR) is 116 cm³/mol. The van der Waals surface area contributed by atoms with Gasteiger partial charge in [0.1, 0.15) is 17.4 Å². The Labute approximate surface area is 182 Å². The van der Waals surface area contributed by atoms with E-state index < -0.39 is 10.9 Å². The van der Waals surface area contributed by atoms with Crippen LogP contribution in [0.2, 0.25) is 5.02 Å². The van der Waals surface area contributed by atoms with Crippen molar-refractivity contribution >= 4 is 35.2 Å². The highest BCUT2D eigenvalue weighted by Crippen LogP contribution is 2.29. The minimum absolute atomic E-state index is 0.0149. The number of nitrogens with zero attached hydrogens (tertiary/aromatic N) is 2. The number of nitro groups is 1. The number of halogens is 1. The van der Waals surface area contributed by atoms with Gasteiger partial charge >= 0.3 is 5.97 Å². The van der Waals surface area contributed by atoms with Gasteiger partial charge in [-0.1, -0.05) is 60.1 Å².